The second kappa shape index (κ2) is 9.50. The zero-order chi connectivity index (χ0) is 16.5. The van der Waals surface area contributed by atoms with E-state index in [1.165, 1.54) is 6.07 Å². The maximum atomic E-state index is 13.6. The Hall–Kier alpha value is -1.62. The van der Waals surface area contributed by atoms with Gasteiger partial charge in [-0.3, -0.25) is 0 Å². The molecule has 2 aromatic carbocycles. The third-order valence-electron chi connectivity index (χ3n) is 3.44. The monoisotopic (exact) mass is 337 g/mol. The Morgan fingerprint density at radius 3 is 2.70 bits per heavy atom. The summed E-state index contributed by atoms with van der Waals surface area (Å²) in [4.78, 5) is 0. The van der Waals surface area contributed by atoms with Crippen LogP contribution in [0.3, 0.4) is 0 Å². The molecule has 0 amide bonds. The van der Waals surface area contributed by atoms with Gasteiger partial charge >= 0.3 is 0 Å². The number of halogens is 2. The van der Waals surface area contributed by atoms with Crippen molar-refractivity contribution in [3.05, 3.63) is 64.4 Å². The molecule has 0 fully saturated rings. The highest BCUT2D eigenvalue weighted by molar-refractivity contribution is 6.30. The molecule has 5 heteroatoms. The van der Waals surface area contributed by atoms with Gasteiger partial charge in [-0.2, -0.15) is 0 Å². The van der Waals surface area contributed by atoms with Crippen LogP contribution in [0.25, 0.3) is 0 Å². The predicted molar refractivity (Wildman–Crippen MR) is 90.2 cm³/mol. The minimum Gasteiger partial charge on any atom is -0.488 e. The molecule has 23 heavy (non-hydrogen) atoms. The molecule has 0 bridgehead atoms. The van der Waals surface area contributed by atoms with Crippen LogP contribution >= 0.6 is 11.6 Å². The van der Waals surface area contributed by atoms with Crippen molar-refractivity contribution in [2.75, 3.05) is 13.2 Å². The molecule has 0 spiro atoms. The SMILES string of the molecule is OCCCCNCc1cc(Cl)ccc1OCc1ccccc1F. The molecule has 0 unspecified atom stereocenters. The molecule has 2 rings (SSSR count). The van der Waals surface area contributed by atoms with E-state index >= 15 is 0 Å². The van der Waals surface area contributed by atoms with Gasteiger partial charge in [0.1, 0.15) is 18.2 Å². The summed E-state index contributed by atoms with van der Waals surface area (Å²) in [5.41, 5.74) is 1.45. The maximum Gasteiger partial charge on any atom is 0.129 e. The summed E-state index contributed by atoms with van der Waals surface area (Å²) < 4.78 is 19.4. The standard InChI is InChI=1S/C18H21ClFNO2/c19-16-7-8-18(15(11-16)12-21-9-3-4-10-22)23-13-14-5-1-2-6-17(14)20/h1-2,5-8,11,21-22H,3-4,9-10,12-13H2. The molecule has 0 aromatic heterocycles. The number of hydrogen-bond acceptors (Lipinski definition) is 3. The molecular formula is C18H21ClFNO2. The number of ether oxygens (including phenoxy) is 1. The Kier molecular flexibility index (Phi) is 7.33. The third-order valence-corrected chi connectivity index (χ3v) is 3.68. The summed E-state index contributed by atoms with van der Waals surface area (Å²) in [6, 6.07) is 12.0. The first-order valence-electron chi connectivity index (χ1n) is 7.67. The average molecular weight is 338 g/mol. The average Bonchev–Trinajstić information content (AvgIpc) is 2.55. The molecule has 0 atom stereocenters. The molecule has 0 aliphatic carbocycles. The van der Waals surface area contributed by atoms with E-state index in [1.54, 1.807) is 30.3 Å². The summed E-state index contributed by atoms with van der Waals surface area (Å²) in [6.45, 7) is 1.79. The number of unbranched alkanes of at least 4 members (excludes halogenated alkanes) is 1. The van der Waals surface area contributed by atoms with Gasteiger partial charge in [0, 0.05) is 29.3 Å². The molecule has 2 N–H and O–H groups in total. The molecule has 124 valence electrons. The van der Waals surface area contributed by atoms with Crippen LogP contribution in [0.15, 0.2) is 42.5 Å². The van der Waals surface area contributed by atoms with Crippen LogP contribution in [-0.4, -0.2) is 18.3 Å². The van der Waals surface area contributed by atoms with E-state index in [1.807, 2.05) is 6.07 Å². The molecule has 0 aliphatic rings. The first-order valence-corrected chi connectivity index (χ1v) is 8.04. The van der Waals surface area contributed by atoms with E-state index in [2.05, 4.69) is 5.32 Å². The number of aliphatic hydroxyl groups is 1. The normalized spacial score (nSPS) is 10.7. The number of rotatable bonds is 9. The van der Waals surface area contributed by atoms with Crippen LogP contribution < -0.4 is 10.1 Å². The summed E-state index contributed by atoms with van der Waals surface area (Å²) in [5.74, 6) is 0.414. The lowest BCUT2D eigenvalue weighted by molar-refractivity contribution is 0.283. The number of hydrogen-bond donors (Lipinski definition) is 2. The second-order valence-electron chi connectivity index (χ2n) is 5.24. The van der Waals surface area contributed by atoms with Crippen molar-refractivity contribution in [2.24, 2.45) is 0 Å². The highest BCUT2D eigenvalue weighted by atomic mass is 35.5. The molecule has 0 saturated carbocycles. The third kappa shape index (κ3) is 5.82. The fourth-order valence-corrected chi connectivity index (χ4v) is 2.38. The summed E-state index contributed by atoms with van der Waals surface area (Å²) in [5, 5.41) is 12.7. The quantitative estimate of drug-likeness (QED) is 0.681. The molecule has 0 radical (unpaired) electrons. The van der Waals surface area contributed by atoms with Crippen LogP contribution in [0.5, 0.6) is 5.75 Å². The van der Waals surface area contributed by atoms with Gasteiger partial charge in [0.2, 0.25) is 0 Å². The molecule has 0 aliphatic heterocycles. The maximum absolute atomic E-state index is 13.6. The van der Waals surface area contributed by atoms with E-state index in [0.717, 1.165) is 24.9 Å². The van der Waals surface area contributed by atoms with Gasteiger partial charge < -0.3 is 15.2 Å². The molecule has 2 aromatic rings. The van der Waals surface area contributed by atoms with Crippen molar-refractivity contribution >= 4 is 11.6 Å². The second-order valence-corrected chi connectivity index (χ2v) is 5.68. The van der Waals surface area contributed by atoms with Gasteiger partial charge in [0.05, 0.1) is 0 Å². The topological polar surface area (TPSA) is 41.5 Å². The zero-order valence-electron chi connectivity index (χ0n) is 12.9. The van der Waals surface area contributed by atoms with Gasteiger partial charge in [-0.25, -0.2) is 4.39 Å². The van der Waals surface area contributed by atoms with Crippen LogP contribution in [0.2, 0.25) is 5.02 Å². The highest BCUT2D eigenvalue weighted by Gasteiger charge is 2.07. The van der Waals surface area contributed by atoms with Crippen LogP contribution in [0.1, 0.15) is 24.0 Å². The van der Waals surface area contributed by atoms with Gasteiger partial charge in [-0.05, 0) is 43.7 Å². The van der Waals surface area contributed by atoms with Gasteiger partial charge in [0.15, 0.2) is 0 Å². The van der Waals surface area contributed by atoms with Crippen LogP contribution in [0, 0.1) is 5.82 Å². The minimum absolute atomic E-state index is 0.172. The lowest BCUT2D eigenvalue weighted by atomic mass is 10.2. The van der Waals surface area contributed by atoms with E-state index in [9.17, 15) is 4.39 Å². The largest absolute Gasteiger partial charge is 0.488 e. The van der Waals surface area contributed by atoms with Gasteiger partial charge in [0.25, 0.3) is 0 Å². The van der Waals surface area contributed by atoms with Gasteiger partial charge in [-0.1, -0.05) is 29.8 Å². The Balaban J connectivity index is 1.96. The van der Waals surface area contributed by atoms with Crippen molar-refractivity contribution in [1.29, 1.82) is 0 Å². The Morgan fingerprint density at radius 2 is 1.91 bits per heavy atom. The molecule has 0 heterocycles. The zero-order valence-corrected chi connectivity index (χ0v) is 13.7. The highest BCUT2D eigenvalue weighted by Crippen LogP contribution is 2.24. The minimum atomic E-state index is -0.273. The van der Waals surface area contributed by atoms with E-state index in [0.29, 0.717) is 22.9 Å². The summed E-state index contributed by atoms with van der Waals surface area (Å²) in [6.07, 6.45) is 1.68. The van der Waals surface area contributed by atoms with E-state index < -0.39 is 0 Å². The summed E-state index contributed by atoms with van der Waals surface area (Å²) >= 11 is 6.05. The Bertz CT molecular complexity index is 622. The smallest absolute Gasteiger partial charge is 0.129 e. The molecule has 3 nitrogen and oxygen atoms in total. The van der Waals surface area contributed by atoms with Crippen LogP contribution in [0.4, 0.5) is 4.39 Å². The Labute approximate surface area is 141 Å². The number of benzene rings is 2. The Morgan fingerprint density at radius 1 is 1.09 bits per heavy atom. The van der Waals surface area contributed by atoms with Crippen LogP contribution in [-0.2, 0) is 13.2 Å². The molecular weight excluding hydrogens is 317 g/mol. The van der Waals surface area contributed by atoms with Crippen molar-refractivity contribution in [2.45, 2.75) is 26.0 Å². The predicted octanol–water partition coefficient (Wildman–Crippen LogP) is 3.92. The first kappa shape index (κ1) is 17.7. The summed E-state index contributed by atoms with van der Waals surface area (Å²) in [7, 11) is 0. The first-order chi connectivity index (χ1) is 11.2. The van der Waals surface area contributed by atoms with Gasteiger partial charge in [-0.15, -0.1) is 0 Å². The van der Waals surface area contributed by atoms with Crippen molar-refractivity contribution in [3.63, 3.8) is 0 Å². The van der Waals surface area contributed by atoms with E-state index in [-0.39, 0.29) is 19.0 Å². The van der Waals surface area contributed by atoms with Crippen molar-refractivity contribution in [3.8, 4) is 5.75 Å². The van der Waals surface area contributed by atoms with E-state index in [4.69, 9.17) is 21.4 Å². The number of nitrogens with one attached hydrogen (secondary N) is 1. The molecule has 0 saturated heterocycles. The fourth-order valence-electron chi connectivity index (χ4n) is 2.18. The lowest BCUT2D eigenvalue weighted by Crippen LogP contribution is -2.16. The van der Waals surface area contributed by atoms with Crippen molar-refractivity contribution < 1.29 is 14.2 Å². The fraction of sp³-hybridized carbons (Fsp3) is 0.333. The number of aliphatic hydroxyl groups excluding tert-OH is 1. The lowest BCUT2D eigenvalue weighted by Gasteiger charge is -2.13. The van der Waals surface area contributed by atoms with Crippen molar-refractivity contribution in [1.82, 2.24) is 5.32 Å².